The van der Waals surface area contributed by atoms with Crippen LogP contribution in [-0.2, 0) is 47.7 Å². The molecule has 0 bridgehead atoms. The molecule has 13 heteroatoms. The number of hydrogen-bond acceptors (Lipinski definition) is 10. The Morgan fingerprint density at radius 3 is 1.97 bits per heavy atom. The van der Waals surface area contributed by atoms with Gasteiger partial charge in [-0.05, 0) is 91.3 Å². The maximum Gasteiger partial charge on any atom is 0.306 e. The van der Waals surface area contributed by atoms with E-state index in [1.165, 1.54) is 69.1 Å². The van der Waals surface area contributed by atoms with E-state index in [2.05, 4.69) is 51.3 Å². The van der Waals surface area contributed by atoms with Crippen LogP contribution in [0.5, 0.6) is 0 Å². The predicted octanol–water partition coefficient (Wildman–Crippen LogP) is 6.33. The third kappa shape index (κ3) is 13.9. The third-order valence-electron chi connectivity index (χ3n) is 14.8. The minimum atomic E-state index is -0.401. The second kappa shape index (κ2) is 24.1. The van der Waals surface area contributed by atoms with Gasteiger partial charge in [0.25, 0.3) is 11.8 Å². The monoisotopic (exact) mass is 856 g/mol. The summed E-state index contributed by atoms with van der Waals surface area (Å²) in [6.45, 7) is 16.1. The van der Waals surface area contributed by atoms with Gasteiger partial charge in [-0.1, -0.05) is 65.5 Å². The lowest BCUT2D eigenvalue weighted by Gasteiger charge is -2.58. The van der Waals surface area contributed by atoms with Crippen molar-refractivity contribution in [3.05, 3.63) is 23.8 Å². The average molecular weight is 856 g/mol. The summed E-state index contributed by atoms with van der Waals surface area (Å²) in [4.78, 5) is 61.1. The van der Waals surface area contributed by atoms with Crippen molar-refractivity contribution in [1.82, 2.24) is 15.5 Å². The number of fused-ring (bicyclic) bond motifs is 5. The first-order valence-electron chi connectivity index (χ1n) is 23.6. The third-order valence-corrected chi connectivity index (χ3v) is 14.8. The molecular formula is C48H77N3O10. The van der Waals surface area contributed by atoms with Crippen molar-refractivity contribution in [2.45, 2.75) is 131 Å². The normalized spacial score (nSPS) is 28.6. The quantitative estimate of drug-likeness (QED) is 0.0414. The van der Waals surface area contributed by atoms with Crippen LogP contribution in [-0.4, -0.2) is 113 Å². The molecule has 0 aromatic carbocycles. The van der Waals surface area contributed by atoms with E-state index < -0.39 is 11.8 Å². The van der Waals surface area contributed by atoms with Crippen molar-refractivity contribution in [3.63, 3.8) is 0 Å². The van der Waals surface area contributed by atoms with Gasteiger partial charge in [0.1, 0.15) is 6.10 Å². The molecule has 4 unspecified atom stereocenters. The first kappa shape index (κ1) is 48.9. The molecule has 3 fully saturated rings. The first-order chi connectivity index (χ1) is 29.3. The minimum Gasteiger partial charge on any atom is -0.462 e. The molecule has 1 aliphatic heterocycles. The molecule has 61 heavy (non-hydrogen) atoms. The summed E-state index contributed by atoms with van der Waals surface area (Å²) >= 11 is 0. The molecule has 344 valence electrons. The summed E-state index contributed by atoms with van der Waals surface area (Å²) in [5.74, 6) is 3.29. The van der Waals surface area contributed by atoms with Gasteiger partial charge in [-0.3, -0.25) is 28.9 Å². The zero-order chi connectivity index (χ0) is 43.8. The van der Waals surface area contributed by atoms with E-state index in [9.17, 15) is 24.0 Å². The smallest absolute Gasteiger partial charge is 0.306 e. The van der Waals surface area contributed by atoms with E-state index in [-0.39, 0.29) is 55.1 Å². The molecule has 5 rings (SSSR count). The Labute approximate surface area is 365 Å². The summed E-state index contributed by atoms with van der Waals surface area (Å²) in [6, 6.07) is 0. The van der Waals surface area contributed by atoms with Gasteiger partial charge in [-0.15, -0.1) is 0 Å². The Morgan fingerprint density at radius 2 is 1.34 bits per heavy atom. The molecule has 5 aliphatic rings. The Balaban J connectivity index is 0.834. The number of rotatable bonds is 27. The number of imide groups is 1. The van der Waals surface area contributed by atoms with Crippen LogP contribution in [0, 0.1) is 46.3 Å². The van der Waals surface area contributed by atoms with E-state index in [1.807, 2.05) is 0 Å². The maximum atomic E-state index is 12.8. The minimum absolute atomic E-state index is 0.0436. The molecule has 3 saturated carbocycles. The van der Waals surface area contributed by atoms with Gasteiger partial charge in [0, 0.05) is 51.0 Å². The first-order valence-corrected chi connectivity index (χ1v) is 23.6. The highest BCUT2D eigenvalue weighted by molar-refractivity contribution is 6.13. The van der Waals surface area contributed by atoms with E-state index in [0.717, 1.165) is 59.7 Å². The highest BCUT2D eigenvalue weighted by Crippen LogP contribution is 2.67. The molecular weight excluding hydrogens is 779 g/mol. The fourth-order valence-corrected chi connectivity index (χ4v) is 11.5. The van der Waals surface area contributed by atoms with Gasteiger partial charge in [-0.2, -0.15) is 0 Å². The number of ether oxygens (including phenoxy) is 5. The van der Waals surface area contributed by atoms with Crippen LogP contribution in [0.15, 0.2) is 23.8 Å². The summed E-state index contributed by atoms with van der Waals surface area (Å²) in [5.41, 5.74) is 2.21. The van der Waals surface area contributed by atoms with Crippen molar-refractivity contribution >= 4 is 29.6 Å². The fourth-order valence-electron chi connectivity index (χ4n) is 11.5. The molecule has 1 heterocycles. The molecule has 8 atom stereocenters. The molecule has 4 aliphatic carbocycles. The van der Waals surface area contributed by atoms with Crippen LogP contribution in [0.4, 0.5) is 0 Å². The SMILES string of the molecule is CC(C)CCC[C@@H](C)C1CCC2C3CC=C4C[C@@H](OC(=O)CCC(=O)NCCOCCOCCOCCOCCNC(=O)CCN5C(=O)C=CC5=O)CC[C@]4(C)C3CC[C@@]21C. The number of nitrogens with one attached hydrogen (secondary N) is 2. The summed E-state index contributed by atoms with van der Waals surface area (Å²) in [5, 5.41) is 5.50. The number of esters is 1. The average Bonchev–Trinajstić information content (AvgIpc) is 3.75. The second-order valence-corrected chi connectivity index (χ2v) is 19.2. The zero-order valence-corrected chi connectivity index (χ0v) is 38.0. The van der Waals surface area contributed by atoms with Crippen molar-refractivity contribution in [2.24, 2.45) is 46.3 Å². The predicted molar refractivity (Wildman–Crippen MR) is 232 cm³/mol. The number of amides is 4. The highest BCUT2D eigenvalue weighted by atomic mass is 16.6. The van der Waals surface area contributed by atoms with E-state index in [4.69, 9.17) is 23.7 Å². The molecule has 0 spiro atoms. The van der Waals surface area contributed by atoms with Gasteiger partial charge >= 0.3 is 5.97 Å². The molecule has 0 radical (unpaired) electrons. The Kier molecular flexibility index (Phi) is 19.3. The maximum absolute atomic E-state index is 12.8. The molecule has 0 aromatic rings. The van der Waals surface area contributed by atoms with Gasteiger partial charge in [0.05, 0.1) is 59.3 Å². The van der Waals surface area contributed by atoms with Crippen LogP contribution < -0.4 is 10.6 Å². The number of nitrogens with zero attached hydrogens (tertiary/aromatic N) is 1. The van der Waals surface area contributed by atoms with Crippen LogP contribution in [0.2, 0.25) is 0 Å². The molecule has 13 nitrogen and oxygen atoms in total. The number of allylic oxidation sites excluding steroid dienone is 1. The van der Waals surface area contributed by atoms with Gasteiger partial charge in [0.15, 0.2) is 0 Å². The summed E-state index contributed by atoms with van der Waals surface area (Å²) in [7, 11) is 0. The Hall–Kier alpha value is -3.13. The van der Waals surface area contributed by atoms with Crippen LogP contribution in [0.1, 0.15) is 125 Å². The standard InChI is InChI=1S/C48H77N3O10/c1-34(2)7-6-8-35(3)39-11-12-40-38-10-9-36-33-37(17-20-47(36,4)41(38)18-21-48(39,40)5)61-46(56)16-13-42(52)49-22-25-57-27-29-59-31-32-60-30-28-58-26-23-50-43(53)19-24-51-44(54)14-15-45(51)55/h9,14-15,34-35,37-41H,6-8,10-13,16-33H2,1-5H3,(H,49,52)(H,50,53)/t35-,37+,38?,39?,40?,41?,47+,48-/m1/s1. The Bertz CT molecular complexity index is 1510. The lowest BCUT2D eigenvalue weighted by Crippen LogP contribution is -2.51. The fraction of sp³-hybridized carbons (Fsp3) is 0.812. The van der Waals surface area contributed by atoms with Gasteiger partial charge < -0.3 is 34.3 Å². The van der Waals surface area contributed by atoms with Crippen molar-refractivity contribution in [1.29, 1.82) is 0 Å². The molecule has 4 amide bonds. The summed E-state index contributed by atoms with van der Waals surface area (Å²) in [6.07, 6.45) is 18.6. The number of carbonyl (C=O) groups excluding carboxylic acids is 5. The van der Waals surface area contributed by atoms with E-state index in [1.54, 1.807) is 0 Å². The zero-order valence-electron chi connectivity index (χ0n) is 38.0. The van der Waals surface area contributed by atoms with Crippen molar-refractivity contribution in [3.8, 4) is 0 Å². The lowest BCUT2D eigenvalue weighted by molar-refractivity contribution is -0.152. The van der Waals surface area contributed by atoms with Crippen LogP contribution in [0.25, 0.3) is 0 Å². The molecule has 2 N–H and O–H groups in total. The number of hydrogen-bond donors (Lipinski definition) is 2. The second-order valence-electron chi connectivity index (χ2n) is 19.2. The van der Waals surface area contributed by atoms with Gasteiger partial charge in [-0.25, -0.2) is 0 Å². The topological polar surface area (TPSA) is 159 Å². The highest BCUT2D eigenvalue weighted by Gasteiger charge is 2.59. The van der Waals surface area contributed by atoms with Crippen LogP contribution in [0.3, 0.4) is 0 Å². The van der Waals surface area contributed by atoms with Crippen molar-refractivity contribution < 1.29 is 47.7 Å². The summed E-state index contributed by atoms with van der Waals surface area (Å²) < 4.78 is 27.9. The Morgan fingerprint density at radius 1 is 0.738 bits per heavy atom. The molecule has 0 aromatic heterocycles. The molecule has 0 saturated heterocycles. The van der Waals surface area contributed by atoms with Gasteiger partial charge in [0.2, 0.25) is 11.8 Å². The number of carbonyl (C=O) groups is 5. The lowest BCUT2D eigenvalue weighted by atomic mass is 9.47. The largest absolute Gasteiger partial charge is 0.462 e. The van der Waals surface area contributed by atoms with Crippen LogP contribution >= 0.6 is 0 Å². The van der Waals surface area contributed by atoms with E-state index >= 15 is 0 Å². The van der Waals surface area contributed by atoms with Crippen molar-refractivity contribution in [2.75, 3.05) is 72.5 Å². The van der Waals surface area contributed by atoms with E-state index in [0.29, 0.717) is 71.4 Å².